The number of rotatable bonds is 6. The number of aryl methyl sites for hydroxylation is 1. The van der Waals surface area contributed by atoms with Gasteiger partial charge in [-0.1, -0.05) is 38.5 Å². The summed E-state index contributed by atoms with van der Waals surface area (Å²) in [5, 5.41) is 8.56. The lowest BCUT2D eigenvalue weighted by Crippen LogP contribution is -2.47. The van der Waals surface area contributed by atoms with Gasteiger partial charge in [0, 0.05) is 18.5 Å². The van der Waals surface area contributed by atoms with E-state index in [4.69, 9.17) is 12.2 Å². The van der Waals surface area contributed by atoms with Gasteiger partial charge in [0.2, 0.25) is 0 Å². The molecule has 25 heavy (non-hydrogen) atoms. The molecule has 0 fully saturated rings. The van der Waals surface area contributed by atoms with Crippen LogP contribution in [0.5, 0.6) is 0 Å². The molecule has 0 radical (unpaired) electrons. The maximum absolute atomic E-state index is 12.5. The Morgan fingerprint density at radius 1 is 1.16 bits per heavy atom. The van der Waals surface area contributed by atoms with Gasteiger partial charge in [0.15, 0.2) is 10.8 Å². The SMILES string of the molecule is CCCCNC(=S)NNC(=O)c1nn(CCC)c(=O)c2ccccc12. The first-order valence-corrected chi connectivity index (χ1v) is 8.83. The Balaban J connectivity index is 2.21. The third-order valence-electron chi connectivity index (χ3n) is 3.62. The quantitative estimate of drug-likeness (QED) is 0.412. The molecule has 1 aromatic carbocycles. The molecule has 0 aliphatic heterocycles. The van der Waals surface area contributed by atoms with Gasteiger partial charge in [-0.3, -0.25) is 20.4 Å². The van der Waals surface area contributed by atoms with Crippen molar-refractivity contribution in [2.24, 2.45) is 0 Å². The Morgan fingerprint density at radius 2 is 1.88 bits per heavy atom. The number of nitrogens with zero attached hydrogens (tertiary/aromatic N) is 2. The van der Waals surface area contributed by atoms with Gasteiger partial charge in [-0.2, -0.15) is 5.10 Å². The number of fused-ring (bicyclic) bond motifs is 1. The van der Waals surface area contributed by atoms with Crippen LogP contribution in [0.2, 0.25) is 0 Å². The highest BCUT2D eigenvalue weighted by atomic mass is 32.1. The standard InChI is InChI=1S/C17H23N5O2S/c1-3-5-10-18-17(25)20-19-15(23)14-12-8-6-7-9-13(12)16(24)22(21-14)11-4-2/h6-9H,3-5,10-11H2,1-2H3,(H,19,23)(H2,18,20,25). The number of hydrazine groups is 1. The predicted octanol–water partition coefficient (Wildman–Crippen LogP) is 1.72. The number of hydrogen-bond donors (Lipinski definition) is 3. The average Bonchev–Trinajstić information content (AvgIpc) is 2.62. The van der Waals surface area contributed by atoms with Crippen LogP contribution in [0.1, 0.15) is 43.6 Å². The Kier molecular flexibility index (Phi) is 6.88. The van der Waals surface area contributed by atoms with Crippen LogP contribution in [0.15, 0.2) is 29.1 Å². The van der Waals surface area contributed by atoms with Crippen LogP contribution in [0, 0.1) is 0 Å². The number of thiocarbonyl (C=S) groups is 1. The van der Waals surface area contributed by atoms with Gasteiger partial charge in [-0.05, 0) is 31.1 Å². The summed E-state index contributed by atoms with van der Waals surface area (Å²) in [6.07, 6.45) is 2.79. The minimum Gasteiger partial charge on any atom is -0.361 e. The monoisotopic (exact) mass is 361 g/mol. The molecule has 0 aliphatic carbocycles. The van der Waals surface area contributed by atoms with Crippen molar-refractivity contribution in [3.8, 4) is 0 Å². The summed E-state index contributed by atoms with van der Waals surface area (Å²) in [6, 6.07) is 6.96. The molecule has 0 saturated carbocycles. The molecule has 1 aromatic heterocycles. The second kappa shape index (κ2) is 9.12. The Labute approximate surface area is 151 Å². The van der Waals surface area contributed by atoms with Crippen molar-refractivity contribution in [2.75, 3.05) is 6.54 Å². The van der Waals surface area contributed by atoms with Gasteiger partial charge in [-0.15, -0.1) is 0 Å². The lowest BCUT2D eigenvalue weighted by molar-refractivity contribution is 0.0938. The Bertz CT molecular complexity index is 818. The first-order valence-electron chi connectivity index (χ1n) is 8.42. The van der Waals surface area contributed by atoms with E-state index in [1.807, 2.05) is 6.92 Å². The zero-order chi connectivity index (χ0) is 18.2. The zero-order valence-corrected chi connectivity index (χ0v) is 15.3. The number of benzene rings is 1. The molecule has 8 heteroatoms. The summed E-state index contributed by atoms with van der Waals surface area (Å²) in [5.41, 5.74) is 5.19. The highest BCUT2D eigenvalue weighted by Gasteiger charge is 2.16. The number of carbonyl (C=O) groups excluding carboxylic acids is 1. The fraction of sp³-hybridized carbons (Fsp3) is 0.412. The lowest BCUT2D eigenvalue weighted by Gasteiger charge is -2.13. The van der Waals surface area contributed by atoms with Crippen molar-refractivity contribution in [3.05, 3.63) is 40.3 Å². The van der Waals surface area contributed by atoms with Gasteiger partial charge in [0.25, 0.3) is 11.5 Å². The molecule has 0 saturated heterocycles. The number of unbranched alkanes of at least 4 members (excludes halogenated alkanes) is 1. The highest BCUT2D eigenvalue weighted by Crippen LogP contribution is 2.13. The molecule has 2 aromatic rings. The van der Waals surface area contributed by atoms with Crippen LogP contribution in [0.25, 0.3) is 10.8 Å². The molecule has 2 rings (SSSR count). The molecule has 1 amide bonds. The Hall–Kier alpha value is -2.48. The summed E-state index contributed by atoms with van der Waals surface area (Å²) in [4.78, 5) is 25.0. The van der Waals surface area contributed by atoms with Crippen LogP contribution in [0.4, 0.5) is 0 Å². The fourth-order valence-electron chi connectivity index (χ4n) is 2.36. The number of hydrogen-bond acceptors (Lipinski definition) is 4. The molecule has 0 bridgehead atoms. The summed E-state index contributed by atoms with van der Waals surface area (Å²) < 4.78 is 1.33. The van der Waals surface area contributed by atoms with Gasteiger partial charge in [-0.25, -0.2) is 4.68 Å². The fourth-order valence-corrected chi connectivity index (χ4v) is 2.51. The molecule has 1 heterocycles. The predicted molar refractivity (Wildman–Crippen MR) is 102 cm³/mol. The van der Waals surface area contributed by atoms with Gasteiger partial charge >= 0.3 is 0 Å². The van der Waals surface area contributed by atoms with E-state index in [2.05, 4.69) is 28.2 Å². The van der Waals surface area contributed by atoms with Gasteiger partial charge < -0.3 is 5.32 Å². The first kappa shape index (κ1) is 18.9. The van der Waals surface area contributed by atoms with Crippen molar-refractivity contribution >= 4 is 34.0 Å². The lowest BCUT2D eigenvalue weighted by atomic mass is 10.1. The minimum atomic E-state index is -0.444. The Morgan fingerprint density at radius 3 is 2.56 bits per heavy atom. The van der Waals surface area contributed by atoms with Crippen LogP contribution in [-0.4, -0.2) is 27.3 Å². The molecule has 0 unspecified atom stereocenters. The van der Waals surface area contributed by atoms with E-state index >= 15 is 0 Å². The number of carbonyl (C=O) groups is 1. The van der Waals surface area contributed by atoms with Crippen molar-refractivity contribution in [1.29, 1.82) is 0 Å². The van der Waals surface area contributed by atoms with E-state index < -0.39 is 5.91 Å². The molecule has 0 spiro atoms. The normalized spacial score (nSPS) is 10.5. The molecule has 0 aliphatic rings. The van der Waals surface area contributed by atoms with Crippen molar-refractivity contribution in [1.82, 2.24) is 25.9 Å². The van der Waals surface area contributed by atoms with Gasteiger partial charge in [0.1, 0.15) is 0 Å². The number of aromatic nitrogens is 2. The van der Waals surface area contributed by atoms with E-state index in [0.29, 0.717) is 22.4 Å². The number of nitrogens with one attached hydrogen (secondary N) is 3. The minimum absolute atomic E-state index is 0.188. The molecule has 7 nitrogen and oxygen atoms in total. The summed E-state index contributed by atoms with van der Waals surface area (Å²) in [6.45, 7) is 5.22. The largest absolute Gasteiger partial charge is 0.361 e. The van der Waals surface area contributed by atoms with Gasteiger partial charge in [0.05, 0.1) is 5.39 Å². The second-order valence-electron chi connectivity index (χ2n) is 5.61. The van der Waals surface area contributed by atoms with Crippen LogP contribution < -0.4 is 21.7 Å². The van der Waals surface area contributed by atoms with Crippen molar-refractivity contribution in [2.45, 2.75) is 39.7 Å². The van der Waals surface area contributed by atoms with Crippen molar-refractivity contribution in [3.63, 3.8) is 0 Å². The number of amides is 1. The maximum atomic E-state index is 12.5. The van der Waals surface area contributed by atoms with E-state index in [1.54, 1.807) is 24.3 Å². The van der Waals surface area contributed by atoms with Crippen LogP contribution >= 0.6 is 12.2 Å². The third-order valence-corrected chi connectivity index (χ3v) is 3.87. The molecule has 0 atom stereocenters. The molecular weight excluding hydrogens is 338 g/mol. The summed E-state index contributed by atoms with van der Waals surface area (Å²) in [7, 11) is 0. The van der Waals surface area contributed by atoms with Crippen molar-refractivity contribution < 1.29 is 4.79 Å². The summed E-state index contributed by atoms with van der Waals surface area (Å²) >= 11 is 5.11. The van der Waals surface area contributed by atoms with E-state index in [-0.39, 0.29) is 11.3 Å². The summed E-state index contributed by atoms with van der Waals surface area (Å²) in [5.74, 6) is -0.444. The van der Waals surface area contributed by atoms with E-state index in [1.165, 1.54) is 4.68 Å². The van der Waals surface area contributed by atoms with E-state index in [0.717, 1.165) is 25.8 Å². The van der Waals surface area contributed by atoms with Crippen LogP contribution in [-0.2, 0) is 6.54 Å². The average molecular weight is 361 g/mol. The molecular formula is C17H23N5O2S. The highest BCUT2D eigenvalue weighted by molar-refractivity contribution is 7.80. The van der Waals surface area contributed by atoms with E-state index in [9.17, 15) is 9.59 Å². The smallest absolute Gasteiger partial charge is 0.290 e. The molecule has 3 N–H and O–H groups in total. The third kappa shape index (κ3) is 4.76. The van der Waals surface area contributed by atoms with Crippen LogP contribution in [0.3, 0.4) is 0 Å². The maximum Gasteiger partial charge on any atom is 0.290 e. The zero-order valence-electron chi connectivity index (χ0n) is 14.5. The first-order chi connectivity index (χ1) is 12.1. The topological polar surface area (TPSA) is 88.0 Å². The molecule has 134 valence electrons. The second-order valence-corrected chi connectivity index (χ2v) is 6.02.